The number of para-hydroxylation sites is 1. The van der Waals surface area contributed by atoms with Crippen molar-refractivity contribution in [2.24, 2.45) is 5.92 Å². The number of carbonyl (C=O) groups excluding carboxylic acids is 2. The molecule has 6 rings (SSSR count). The molecule has 244 valence electrons. The van der Waals surface area contributed by atoms with Gasteiger partial charge in [0.1, 0.15) is 23.9 Å². The van der Waals surface area contributed by atoms with Crippen molar-refractivity contribution in [2.45, 2.75) is 32.4 Å². The van der Waals surface area contributed by atoms with Gasteiger partial charge in [0, 0.05) is 71.0 Å². The van der Waals surface area contributed by atoms with Gasteiger partial charge < -0.3 is 14.2 Å². The zero-order valence-electron chi connectivity index (χ0n) is 26.8. The van der Waals surface area contributed by atoms with Gasteiger partial charge in [-0.15, -0.1) is 0 Å². The number of amides is 1. The molecule has 1 saturated heterocycles. The minimum Gasteiger partial charge on any atom is -0.383 e. The lowest BCUT2D eigenvalue weighted by Gasteiger charge is -2.17. The number of ether oxygens (including phenoxy) is 1. The third kappa shape index (κ3) is 6.97. The first-order chi connectivity index (χ1) is 22.7. The van der Waals surface area contributed by atoms with Crippen molar-refractivity contribution in [3.05, 3.63) is 90.0 Å². The van der Waals surface area contributed by atoms with Crippen molar-refractivity contribution >= 4 is 22.9 Å². The van der Waals surface area contributed by atoms with Crippen LogP contribution in [0.15, 0.2) is 67.3 Å². The van der Waals surface area contributed by atoms with Gasteiger partial charge in [-0.1, -0.05) is 18.2 Å². The molecule has 0 aliphatic carbocycles. The summed E-state index contributed by atoms with van der Waals surface area (Å²) >= 11 is 0. The van der Waals surface area contributed by atoms with Crippen LogP contribution < -0.4 is 0 Å². The fourth-order valence-corrected chi connectivity index (χ4v) is 5.91. The average molecular weight is 641 g/mol. The van der Waals surface area contributed by atoms with Crippen molar-refractivity contribution < 1.29 is 23.6 Å². The zero-order chi connectivity index (χ0) is 33.1. The van der Waals surface area contributed by atoms with E-state index >= 15 is 0 Å². The molecule has 5 aromatic rings. The number of methoxy groups -OCH3 is 1. The van der Waals surface area contributed by atoms with E-state index in [-0.39, 0.29) is 37.0 Å². The minimum absolute atomic E-state index is 0.0105. The number of hydrogen-bond acceptors (Lipinski definition) is 9. The zero-order valence-corrected chi connectivity index (χ0v) is 26.8. The molecule has 1 aliphatic heterocycles. The van der Waals surface area contributed by atoms with Gasteiger partial charge in [-0.25, -0.2) is 19.6 Å². The molecule has 47 heavy (non-hydrogen) atoms. The number of hydroxylamine groups is 2. The summed E-state index contributed by atoms with van der Waals surface area (Å²) in [6.45, 7) is 3.58. The van der Waals surface area contributed by atoms with Crippen molar-refractivity contribution in [3.63, 3.8) is 0 Å². The minimum atomic E-state index is -0.595. The first kappa shape index (κ1) is 32.1. The summed E-state index contributed by atoms with van der Waals surface area (Å²) in [5.41, 5.74) is 5.75. The van der Waals surface area contributed by atoms with Gasteiger partial charge >= 0.3 is 0 Å². The Hall–Kier alpha value is -4.85. The summed E-state index contributed by atoms with van der Waals surface area (Å²) in [5, 5.41) is 6.75. The maximum Gasteiger partial charge on any atom is 0.242 e. The lowest BCUT2D eigenvalue weighted by molar-refractivity contribution is -0.155. The van der Waals surface area contributed by atoms with Crippen LogP contribution in [0.2, 0.25) is 0 Å². The first-order valence-electron chi connectivity index (χ1n) is 15.4. The number of hydrogen-bond donors (Lipinski definition) is 0. The molecule has 1 aromatic carbocycles. The number of ketones is 1. The second-order valence-corrected chi connectivity index (χ2v) is 11.9. The topological polar surface area (TPSA) is 120 Å². The van der Waals surface area contributed by atoms with E-state index in [2.05, 4.69) is 15.0 Å². The standard InChI is InChI=1S/C34H37FN8O4/c1-22-29(17-27(44)14-25-19-42(12-13-46-4)47-33(25)23-10-11-36-30(35)16-23)43(26-8-6-5-7-9-26)39-32(22)24-15-28-34(37-18-24)41(21-38-28)20-31(45)40(2)3/h5-11,15-16,18,21,25,33H,12-14,17,19-20H2,1-4H3/t25-,33+/m1/s1. The van der Waals surface area contributed by atoms with Gasteiger partial charge in [-0.05, 0) is 48.4 Å². The number of likely N-dealkylation sites (N-methyl/N-ethyl adjacent to an activating group) is 1. The smallest absolute Gasteiger partial charge is 0.242 e. The molecule has 0 spiro atoms. The predicted molar refractivity (Wildman–Crippen MR) is 172 cm³/mol. The third-order valence-corrected chi connectivity index (χ3v) is 8.39. The summed E-state index contributed by atoms with van der Waals surface area (Å²) in [6.07, 6.45) is 4.61. The molecule has 13 heteroatoms. The highest BCUT2D eigenvalue weighted by Gasteiger charge is 2.37. The Morgan fingerprint density at radius 1 is 1.11 bits per heavy atom. The summed E-state index contributed by atoms with van der Waals surface area (Å²) in [7, 11) is 5.04. The Balaban J connectivity index is 1.29. The van der Waals surface area contributed by atoms with Crippen LogP contribution >= 0.6 is 0 Å². The Labute approximate surface area is 271 Å². The van der Waals surface area contributed by atoms with Crippen LogP contribution in [-0.4, -0.2) is 91.9 Å². The third-order valence-electron chi connectivity index (χ3n) is 8.39. The van der Waals surface area contributed by atoms with Gasteiger partial charge in [-0.2, -0.15) is 14.6 Å². The number of halogens is 1. The Kier molecular flexibility index (Phi) is 9.48. The van der Waals surface area contributed by atoms with Crippen molar-refractivity contribution in [1.82, 2.24) is 39.3 Å². The van der Waals surface area contributed by atoms with Crippen LogP contribution in [0.5, 0.6) is 0 Å². The van der Waals surface area contributed by atoms with E-state index in [9.17, 15) is 14.0 Å². The number of carbonyl (C=O) groups is 2. The van der Waals surface area contributed by atoms with E-state index in [0.29, 0.717) is 42.1 Å². The van der Waals surface area contributed by atoms with Crippen molar-refractivity contribution in [1.29, 1.82) is 0 Å². The van der Waals surface area contributed by atoms with Crippen LogP contribution in [0, 0.1) is 18.8 Å². The number of benzene rings is 1. The van der Waals surface area contributed by atoms with E-state index in [4.69, 9.17) is 14.7 Å². The lowest BCUT2D eigenvalue weighted by atomic mass is 9.91. The first-order valence-corrected chi connectivity index (χ1v) is 15.4. The highest BCUT2D eigenvalue weighted by molar-refractivity contribution is 5.84. The van der Waals surface area contributed by atoms with Gasteiger partial charge in [0.25, 0.3) is 0 Å². The van der Waals surface area contributed by atoms with Crippen LogP contribution in [0.3, 0.4) is 0 Å². The van der Waals surface area contributed by atoms with Crippen LogP contribution in [0.25, 0.3) is 28.1 Å². The number of Topliss-reactive ketones (excluding diaryl/α,β-unsaturated/α-hetero) is 1. The molecule has 1 aliphatic rings. The summed E-state index contributed by atoms with van der Waals surface area (Å²) < 4.78 is 22.8. The molecule has 5 heterocycles. The molecule has 0 saturated carbocycles. The number of fused-ring (bicyclic) bond motifs is 1. The average Bonchev–Trinajstić information content (AvgIpc) is 3.75. The van der Waals surface area contributed by atoms with Gasteiger partial charge in [0.15, 0.2) is 5.65 Å². The molecule has 2 atom stereocenters. The van der Waals surface area contributed by atoms with E-state index < -0.39 is 12.1 Å². The van der Waals surface area contributed by atoms with Crippen LogP contribution in [0.1, 0.15) is 29.3 Å². The molecule has 1 amide bonds. The molecule has 4 aromatic heterocycles. The Bertz CT molecular complexity index is 1890. The number of rotatable bonds is 12. The number of imidazole rings is 1. The molecule has 0 unspecified atom stereocenters. The SMILES string of the molecule is COCCN1C[C@@H](CC(=O)Cc2c(C)c(-c3cnc4c(c3)ncn4CC(=O)N(C)C)nn2-c2ccccc2)[C@H](c2ccnc(F)c2)O1. The van der Waals surface area contributed by atoms with E-state index in [1.165, 1.54) is 17.2 Å². The molecular weight excluding hydrogens is 603 g/mol. The normalized spacial score (nSPS) is 16.6. The second kappa shape index (κ2) is 13.9. The maximum absolute atomic E-state index is 14.1. The maximum atomic E-state index is 14.1. The summed E-state index contributed by atoms with van der Waals surface area (Å²) in [5.74, 6) is -0.845. The van der Waals surface area contributed by atoms with Crippen LogP contribution in [-0.2, 0) is 32.1 Å². The highest BCUT2D eigenvalue weighted by Crippen LogP contribution is 2.37. The summed E-state index contributed by atoms with van der Waals surface area (Å²) in [4.78, 5) is 46.6. The van der Waals surface area contributed by atoms with E-state index in [0.717, 1.165) is 22.5 Å². The Morgan fingerprint density at radius 2 is 1.91 bits per heavy atom. The molecule has 1 fully saturated rings. The number of pyridine rings is 2. The quantitative estimate of drug-likeness (QED) is 0.187. The number of aromatic nitrogens is 6. The fraction of sp³-hybridized carbons (Fsp3) is 0.353. The molecule has 0 N–H and O–H groups in total. The van der Waals surface area contributed by atoms with Gasteiger partial charge in [0.2, 0.25) is 11.9 Å². The van der Waals surface area contributed by atoms with E-state index in [1.807, 2.05) is 48.0 Å². The lowest BCUT2D eigenvalue weighted by Crippen LogP contribution is -2.26. The number of nitrogens with zero attached hydrogens (tertiary/aromatic N) is 8. The molecule has 0 bridgehead atoms. The largest absolute Gasteiger partial charge is 0.383 e. The van der Waals surface area contributed by atoms with Crippen molar-refractivity contribution in [3.8, 4) is 16.9 Å². The van der Waals surface area contributed by atoms with E-state index in [1.54, 1.807) is 49.4 Å². The predicted octanol–water partition coefficient (Wildman–Crippen LogP) is 3.97. The fourth-order valence-electron chi connectivity index (χ4n) is 5.91. The van der Waals surface area contributed by atoms with Gasteiger partial charge in [-0.3, -0.25) is 14.4 Å². The molecule has 0 radical (unpaired) electrons. The molecular formula is C34H37FN8O4. The Morgan fingerprint density at radius 3 is 2.66 bits per heavy atom. The monoisotopic (exact) mass is 640 g/mol. The van der Waals surface area contributed by atoms with Crippen LogP contribution in [0.4, 0.5) is 4.39 Å². The highest BCUT2D eigenvalue weighted by atomic mass is 19.1. The summed E-state index contributed by atoms with van der Waals surface area (Å²) in [6, 6.07) is 14.7. The second-order valence-electron chi connectivity index (χ2n) is 11.9. The molecule has 12 nitrogen and oxygen atoms in total. The van der Waals surface area contributed by atoms with Crippen molar-refractivity contribution in [2.75, 3.05) is 40.9 Å². The van der Waals surface area contributed by atoms with Gasteiger partial charge in [0.05, 0.1) is 30.0 Å².